The summed E-state index contributed by atoms with van der Waals surface area (Å²) in [5.41, 5.74) is 4.10. The van der Waals surface area contributed by atoms with Gasteiger partial charge >= 0.3 is 0 Å². The zero-order valence-corrected chi connectivity index (χ0v) is 20.2. The summed E-state index contributed by atoms with van der Waals surface area (Å²) in [6.07, 6.45) is 6.91. The van der Waals surface area contributed by atoms with Crippen molar-refractivity contribution < 1.29 is 19.4 Å². The summed E-state index contributed by atoms with van der Waals surface area (Å²) in [5, 5.41) is 15.5. The molecule has 0 aliphatic rings. The van der Waals surface area contributed by atoms with Crippen LogP contribution in [0, 0.1) is 0 Å². The molecule has 0 unspecified atom stereocenters. The lowest BCUT2D eigenvalue weighted by Gasteiger charge is -2.13. The van der Waals surface area contributed by atoms with Crippen LogP contribution in [0.15, 0.2) is 79.4 Å². The van der Waals surface area contributed by atoms with Crippen LogP contribution in [-0.4, -0.2) is 44.6 Å². The van der Waals surface area contributed by atoms with E-state index in [2.05, 4.69) is 20.6 Å². The normalized spacial score (nSPS) is 10.8. The van der Waals surface area contributed by atoms with Crippen molar-refractivity contribution in [3.63, 3.8) is 0 Å². The number of rotatable bonds is 8. The lowest BCUT2D eigenvalue weighted by atomic mass is 10.1. The molecule has 37 heavy (non-hydrogen) atoms. The van der Waals surface area contributed by atoms with Crippen molar-refractivity contribution in [3.05, 3.63) is 90.5 Å². The summed E-state index contributed by atoms with van der Waals surface area (Å²) in [6, 6.07) is 15.9. The van der Waals surface area contributed by atoms with Crippen LogP contribution in [0.25, 0.3) is 16.9 Å². The first-order valence-corrected chi connectivity index (χ1v) is 11.4. The largest absolute Gasteiger partial charge is 0.493 e. The fraction of sp³-hybridized carbons (Fsp3) is 0.111. The fourth-order valence-electron chi connectivity index (χ4n) is 3.83. The summed E-state index contributed by atoms with van der Waals surface area (Å²) >= 11 is 0. The second kappa shape index (κ2) is 10.2. The van der Waals surface area contributed by atoms with Gasteiger partial charge < -0.3 is 29.6 Å². The highest BCUT2D eigenvalue weighted by molar-refractivity contribution is 5.95. The number of carbonyl (C=O) groups excluding carboxylic acids is 1. The van der Waals surface area contributed by atoms with E-state index in [1.165, 1.54) is 12.3 Å². The van der Waals surface area contributed by atoms with E-state index in [1.54, 1.807) is 38.6 Å². The Morgan fingerprint density at radius 3 is 2.68 bits per heavy atom. The quantitative estimate of drug-likeness (QED) is 0.292. The molecule has 0 aliphatic carbocycles. The molecule has 0 atom stereocenters. The van der Waals surface area contributed by atoms with Crippen molar-refractivity contribution in [1.29, 1.82) is 0 Å². The van der Waals surface area contributed by atoms with Crippen LogP contribution in [0.5, 0.6) is 17.4 Å². The number of carbonyl (C=O) groups is 1. The number of hydrogen-bond donors (Lipinski definition) is 3. The third kappa shape index (κ3) is 5.13. The molecular weight excluding hydrogens is 472 g/mol. The minimum Gasteiger partial charge on any atom is -0.493 e. The molecule has 0 spiro atoms. The Bertz CT molecular complexity index is 1570. The number of nitrogens with one attached hydrogen (secondary N) is 2. The van der Waals surface area contributed by atoms with Crippen molar-refractivity contribution >= 4 is 23.1 Å². The second-order valence-electron chi connectivity index (χ2n) is 8.12. The minimum atomic E-state index is -0.234. The monoisotopic (exact) mass is 496 g/mol. The van der Waals surface area contributed by atoms with Crippen LogP contribution in [0.3, 0.4) is 0 Å². The van der Waals surface area contributed by atoms with Crippen LogP contribution >= 0.6 is 0 Å². The van der Waals surface area contributed by atoms with E-state index in [1.807, 2.05) is 47.1 Å². The number of aromatic hydroxyl groups is 1. The molecule has 10 nitrogen and oxygen atoms in total. The van der Waals surface area contributed by atoms with Gasteiger partial charge in [-0.25, -0.2) is 15.0 Å². The number of methoxy groups -OCH3 is 2. The van der Waals surface area contributed by atoms with Gasteiger partial charge in [-0.05, 0) is 29.8 Å². The van der Waals surface area contributed by atoms with Crippen LogP contribution < -0.4 is 20.1 Å². The van der Waals surface area contributed by atoms with E-state index in [0.717, 1.165) is 16.8 Å². The Morgan fingerprint density at radius 1 is 1.03 bits per heavy atom. The number of pyridine rings is 1. The lowest BCUT2D eigenvalue weighted by Crippen LogP contribution is -2.22. The van der Waals surface area contributed by atoms with E-state index in [9.17, 15) is 9.90 Å². The summed E-state index contributed by atoms with van der Waals surface area (Å²) in [4.78, 5) is 25.9. The Labute approximate surface area is 212 Å². The number of ether oxygens (including phenoxy) is 2. The number of benzene rings is 2. The Hall–Kier alpha value is -5.12. The zero-order chi connectivity index (χ0) is 25.8. The Balaban J connectivity index is 1.42. The maximum atomic E-state index is 12.8. The van der Waals surface area contributed by atoms with Gasteiger partial charge in [0.2, 0.25) is 5.88 Å². The Morgan fingerprint density at radius 2 is 1.89 bits per heavy atom. The van der Waals surface area contributed by atoms with Gasteiger partial charge in [-0.3, -0.25) is 4.79 Å². The summed E-state index contributed by atoms with van der Waals surface area (Å²) in [7, 11) is 3.17. The molecule has 0 saturated carbocycles. The number of anilines is 2. The highest BCUT2D eigenvalue weighted by atomic mass is 16.5. The van der Waals surface area contributed by atoms with Crippen LogP contribution in [0.4, 0.5) is 11.5 Å². The molecule has 0 aliphatic heterocycles. The smallest absolute Gasteiger partial charge is 0.251 e. The second-order valence-corrected chi connectivity index (χ2v) is 8.12. The van der Waals surface area contributed by atoms with E-state index < -0.39 is 0 Å². The zero-order valence-electron chi connectivity index (χ0n) is 20.2. The molecular formula is C27H24N6O4. The maximum absolute atomic E-state index is 12.8. The van der Waals surface area contributed by atoms with Gasteiger partial charge in [0.15, 0.2) is 23.0 Å². The van der Waals surface area contributed by atoms with Gasteiger partial charge in [0.05, 0.1) is 19.9 Å². The summed E-state index contributed by atoms with van der Waals surface area (Å²) < 4.78 is 12.6. The summed E-state index contributed by atoms with van der Waals surface area (Å²) in [6.45, 7) is 0.287. The number of fused-ring (bicyclic) bond motifs is 1. The van der Waals surface area contributed by atoms with Gasteiger partial charge in [0.25, 0.3) is 5.91 Å². The molecule has 0 fully saturated rings. The predicted octanol–water partition coefficient (Wildman–Crippen LogP) is 4.19. The van der Waals surface area contributed by atoms with Crippen molar-refractivity contribution in [2.45, 2.75) is 6.54 Å². The first kappa shape index (κ1) is 23.6. The highest BCUT2D eigenvalue weighted by Crippen LogP contribution is 2.32. The van der Waals surface area contributed by atoms with Gasteiger partial charge in [-0.1, -0.05) is 18.2 Å². The first-order valence-electron chi connectivity index (χ1n) is 11.4. The number of hydrogen-bond acceptors (Lipinski definition) is 8. The molecule has 5 aromatic rings. The summed E-state index contributed by atoms with van der Waals surface area (Å²) in [5.74, 6) is 1.46. The average molecular weight is 497 g/mol. The molecule has 1 amide bonds. The molecule has 3 N–H and O–H groups in total. The minimum absolute atomic E-state index is 0.0647. The third-order valence-corrected chi connectivity index (χ3v) is 5.70. The lowest BCUT2D eigenvalue weighted by molar-refractivity contribution is 0.0951. The topological polar surface area (TPSA) is 123 Å². The van der Waals surface area contributed by atoms with E-state index >= 15 is 0 Å². The van der Waals surface area contributed by atoms with Crippen molar-refractivity contribution in [3.8, 4) is 28.6 Å². The number of amides is 1. The maximum Gasteiger partial charge on any atom is 0.251 e. The van der Waals surface area contributed by atoms with Gasteiger partial charge in [0, 0.05) is 60.3 Å². The highest BCUT2D eigenvalue weighted by Gasteiger charge is 2.13. The third-order valence-electron chi connectivity index (χ3n) is 5.70. The molecule has 3 heterocycles. The predicted molar refractivity (Wildman–Crippen MR) is 138 cm³/mol. The van der Waals surface area contributed by atoms with Crippen molar-refractivity contribution in [2.75, 3.05) is 19.5 Å². The van der Waals surface area contributed by atoms with Crippen molar-refractivity contribution in [1.82, 2.24) is 24.7 Å². The van der Waals surface area contributed by atoms with Gasteiger partial charge in [-0.2, -0.15) is 0 Å². The molecule has 5 rings (SSSR count). The molecule has 186 valence electrons. The van der Waals surface area contributed by atoms with E-state index in [-0.39, 0.29) is 18.3 Å². The first-order chi connectivity index (χ1) is 18.0. The number of imidazole rings is 1. The van der Waals surface area contributed by atoms with Crippen LogP contribution in [0.2, 0.25) is 0 Å². The number of aromatic nitrogens is 4. The standard InChI is InChI=1S/C27H24N6O4/c1-36-22-8-7-20(13-23(22)37-2)31-25-26-28-10-11-33(26)16-21(32-25)18-4-3-5-19(12-18)27(35)30-15-17-6-9-24(34)29-14-17/h3-14,16H,15H2,1-2H3,(H,29,34)(H,30,35)(H,31,32). The molecule has 0 radical (unpaired) electrons. The van der Waals surface area contributed by atoms with E-state index in [4.69, 9.17) is 14.5 Å². The Kier molecular flexibility index (Phi) is 6.54. The average Bonchev–Trinajstić information content (AvgIpc) is 3.42. The van der Waals surface area contributed by atoms with Gasteiger partial charge in [0.1, 0.15) is 0 Å². The van der Waals surface area contributed by atoms with Gasteiger partial charge in [-0.15, -0.1) is 0 Å². The van der Waals surface area contributed by atoms with Crippen molar-refractivity contribution in [2.24, 2.45) is 0 Å². The molecule has 0 saturated heterocycles. The van der Waals surface area contributed by atoms with Crippen LogP contribution in [-0.2, 0) is 6.54 Å². The van der Waals surface area contributed by atoms with Crippen LogP contribution in [0.1, 0.15) is 15.9 Å². The molecule has 2 aromatic carbocycles. The SMILES string of the molecule is COc1ccc(Nc2nc(-c3cccc(C(=O)NCc4ccc(O)nc4)c3)cn3ccnc23)cc1OC. The fourth-order valence-corrected chi connectivity index (χ4v) is 3.83. The molecule has 10 heteroatoms. The van der Waals surface area contributed by atoms with E-state index in [0.29, 0.717) is 34.2 Å². The molecule has 0 bridgehead atoms. The number of nitrogens with zero attached hydrogens (tertiary/aromatic N) is 4. The molecule has 3 aromatic heterocycles.